The van der Waals surface area contributed by atoms with Crippen molar-refractivity contribution >= 4 is 11.8 Å². The van der Waals surface area contributed by atoms with Crippen molar-refractivity contribution in [2.24, 2.45) is 5.41 Å². The van der Waals surface area contributed by atoms with Gasteiger partial charge in [0.15, 0.2) is 5.82 Å². The zero-order valence-electron chi connectivity index (χ0n) is 11.1. The first-order valence-corrected chi connectivity index (χ1v) is 5.80. The maximum Gasteiger partial charge on any atom is 0.310 e. The first-order valence-electron chi connectivity index (χ1n) is 5.80. The molecule has 0 fully saturated rings. The number of nitrogens with one attached hydrogen (secondary N) is 1. The number of aromatic nitrogens is 2. The molecule has 6 heteroatoms. The third kappa shape index (κ3) is 3.09. The summed E-state index contributed by atoms with van der Waals surface area (Å²) in [5.74, 6) is -0.740. The maximum absolute atomic E-state index is 12.0. The van der Waals surface area contributed by atoms with E-state index in [0.29, 0.717) is 0 Å². The molecule has 0 saturated carbocycles. The van der Waals surface area contributed by atoms with Crippen LogP contribution in [0.2, 0.25) is 0 Å². The summed E-state index contributed by atoms with van der Waals surface area (Å²) in [6, 6.07) is 0.0357. The van der Waals surface area contributed by atoms with Crippen LogP contribution in [0.3, 0.4) is 0 Å². The molecule has 0 aliphatic carbocycles. The molecule has 0 atom stereocenters. The van der Waals surface area contributed by atoms with Crippen molar-refractivity contribution in [2.45, 2.75) is 33.7 Å². The highest BCUT2D eigenvalue weighted by molar-refractivity contribution is 5.74. The Kier molecular flexibility index (Phi) is 4.11. The van der Waals surface area contributed by atoms with Gasteiger partial charge in [-0.1, -0.05) is 0 Å². The molecule has 0 aliphatic rings. The smallest absolute Gasteiger partial charge is 0.310 e. The number of carboxylic acids is 1. The molecule has 1 aromatic rings. The van der Waals surface area contributed by atoms with E-state index in [4.69, 9.17) is 5.11 Å². The van der Waals surface area contributed by atoms with Gasteiger partial charge >= 0.3 is 5.97 Å². The number of carboxylic acid groups (broad SMARTS) is 1. The largest absolute Gasteiger partial charge is 0.481 e. The molecule has 0 radical (unpaired) electrons. The van der Waals surface area contributed by atoms with Crippen LogP contribution in [0.4, 0.5) is 5.82 Å². The molecule has 2 N–H and O–H groups in total. The second-order valence-electron chi connectivity index (χ2n) is 5.12. The Hall–Kier alpha value is -1.85. The van der Waals surface area contributed by atoms with Crippen molar-refractivity contribution in [1.82, 2.24) is 9.55 Å². The van der Waals surface area contributed by atoms with Crippen molar-refractivity contribution in [3.63, 3.8) is 0 Å². The van der Waals surface area contributed by atoms with Crippen LogP contribution >= 0.6 is 0 Å². The normalized spacial score (nSPS) is 11.6. The van der Waals surface area contributed by atoms with E-state index >= 15 is 0 Å². The van der Waals surface area contributed by atoms with Crippen LogP contribution < -0.4 is 10.9 Å². The van der Waals surface area contributed by atoms with E-state index in [0.717, 1.165) is 0 Å². The lowest BCUT2D eigenvalue weighted by molar-refractivity contribution is -0.146. The molecule has 0 saturated heterocycles. The number of rotatable bonds is 5. The summed E-state index contributed by atoms with van der Waals surface area (Å²) in [4.78, 5) is 26.9. The van der Waals surface area contributed by atoms with Crippen LogP contribution in [0.25, 0.3) is 0 Å². The fourth-order valence-corrected chi connectivity index (χ4v) is 1.33. The highest BCUT2D eigenvalue weighted by atomic mass is 16.4. The van der Waals surface area contributed by atoms with Gasteiger partial charge in [-0.15, -0.1) is 0 Å². The molecule has 18 heavy (non-hydrogen) atoms. The SMILES string of the molecule is CC(C)n1ccnc(NCC(C)(C)C(=O)O)c1=O. The minimum absolute atomic E-state index is 0.0357. The first-order chi connectivity index (χ1) is 8.25. The van der Waals surface area contributed by atoms with E-state index in [1.165, 1.54) is 6.20 Å². The molecule has 1 rings (SSSR count). The van der Waals surface area contributed by atoms with E-state index in [9.17, 15) is 9.59 Å². The van der Waals surface area contributed by atoms with Gasteiger partial charge in [0.25, 0.3) is 5.56 Å². The molecule has 100 valence electrons. The molecule has 0 aromatic carbocycles. The summed E-state index contributed by atoms with van der Waals surface area (Å²) in [7, 11) is 0. The average Bonchev–Trinajstić information content (AvgIpc) is 2.27. The lowest BCUT2D eigenvalue weighted by atomic mass is 9.94. The topological polar surface area (TPSA) is 84.2 Å². The van der Waals surface area contributed by atoms with Crippen molar-refractivity contribution in [1.29, 1.82) is 0 Å². The van der Waals surface area contributed by atoms with Gasteiger partial charge in [0.2, 0.25) is 0 Å². The molecule has 0 amide bonds. The molecule has 0 aliphatic heterocycles. The molecule has 6 nitrogen and oxygen atoms in total. The summed E-state index contributed by atoms with van der Waals surface area (Å²) < 4.78 is 1.54. The van der Waals surface area contributed by atoms with Gasteiger partial charge in [0, 0.05) is 25.0 Å². The van der Waals surface area contributed by atoms with Gasteiger partial charge in [-0.05, 0) is 27.7 Å². The lowest BCUT2D eigenvalue weighted by Crippen LogP contribution is -2.34. The molecular formula is C12H19N3O3. The Balaban J connectivity index is 2.90. The quantitative estimate of drug-likeness (QED) is 0.827. The van der Waals surface area contributed by atoms with Crippen LogP contribution in [-0.4, -0.2) is 27.2 Å². The minimum atomic E-state index is -0.952. The van der Waals surface area contributed by atoms with E-state index in [2.05, 4.69) is 10.3 Å². The second kappa shape index (κ2) is 5.20. The van der Waals surface area contributed by atoms with Crippen LogP contribution in [-0.2, 0) is 4.79 Å². The van der Waals surface area contributed by atoms with Gasteiger partial charge in [0.05, 0.1) is 5.41 Å². The number of hydrogen-bond acceptors (Lipinski definition) is 4. The summed E-state index contributed by atoms with van der Waals surface area (Å²) in [6.45, 7) is 7.11. The number of carbonyl (C=O) groups is 1. The van der Waals surface area contributed by atoms with Crippen LogP contribution in [0.15, 0.2) is 17.2 Å². The zero-order valence-corrected chi connectivity index (χ0v) is 11.1. The van der Waals surface area contributed by atoms with Crippen molar-refractivity contribution in [2.75, 3.05) is 11.9 Å². The van der Waals surface area contributed by atoms with Gasteiger partial charge in [-0.2, -0.15) is 0 Å². The molecule has 1 heterocycles. The number of nitrogens with zero attached hydrogens (tertiary/aromatic N) is 2. The molecule has 0 bridgehead atoms. The fourth-order valence-electron chi connectivity index (χ4n) is 1.33. The lowest BCUT2D eigenvalue weighted by Gasteiger charge is -2.20. The highest BCUT2D eigenvalue weighted by Gasteiger charge is 2.27. The molecular weight excluding hydrogens is 234 g/mol. The zero-order chi connectivity index (χ0) is 13.9. The monoisotopic (exact) mass is 253 g/mol. The van der Waals surface area contributed by atoms with Crippen molar-refractivity contribution in [3.8, 4) is 0 Å². The summed E-state index contributed by atoms with van der Waals surface area (Å²) in [5, 5.41) is 11.8. The van der Waals surface area contributed by atoms with Crippen LogP contribution in [0.1, 0.15) is 33.7 Å². The Morgan fingerprint density at radius 2 is 2.17 bits per heavy atom. The van der Waals surface area contributed by atoms with Crippen LogP contribution in [0, 0.1) is 5.41 Å². The average molecular weight is 253 g/mol. The molecule has 1 aromatic heterocycles. The van der Waals surface area contributed by atoms with Gasteiger partial charge in [-0.25, -0.2) is 4.98 Å². The molecule has 0 unspecified atom stereocenters. The fraction of sp³-hybridized carbons (Fsp3) is 0.583. The van der Waals surface area contributed by atoms with Gasteiger partial charge in [-0.3, -0.25) is 9.59 Å². The third-order valence-corrected chi connectivity index (χ3v) is 2.70. The summed E-state index contributed by atoms with van der Waals surface area (Å²) in [5.41, 5.74) is -1.19. The number of aliphatic carboxylic acids is 1. The Bertz CT molecular complexity index is 492. The predicted molar refractivity (Wildman–Crippen MR) is 68.8 cm³/mol. The van der Waals surface area contributed by atoms with Crippen molar-refractivity contribution in [3.05, 3.63) is 22.7 Å². The molecule has 0 spiro atoms. The summed E-state index contributed by atoms with van der Waals surface area (Å²) >= 11 is 0. The highest BCUT2D eigenvalue weighted by Crippen LogP contribution is 2.15. The Morgan fingerprint density at radius 1 is 1.56 bits per heavy atom. The van der Waals surface area contributed by atoms with E-state index in [-0.39, 0.29) is 24.0 Å². The summed E-state index contributed by atoms with van der Waals surface area (Å²) in [6.07, 6.45) is 3.14. The van der Waals surface area contributed by atoms with Crippen LogP contribution in [0.5, 0.6) is 0 Å². The third-order valence-electron chi connectivity index (χ3n) is 2.70. The van der Waals surface area contributed by atoms with E-state index in [1.54, 1.807) is 24.6 Å². The van der Waals surface area contributed by atoms with E-state index < -0.39 is 11.4 Å². The van der Waals surface area contributed by atoms with E-state index in [1.807, 2.05) is 13.8 Å². The standard InChI is InChI=1S/C12H19N3O3/c1-8(2)15-6-5-13-9(10(15)16)14-7-12(3,4)11(17)18/h5-6,8H,7H2,1-4H3,(H,13,14)(H,17,18). The van der Waals surface area contributed by atoms with Crippen molar-refractivity contribution < 1.29 is 9.90 Å². The first kappa shape index (κ1) is 14.2. The second-order valence-corrected chi connectivity index (χ2v) is 5.12. The maximum atomic E-state index is 12.0. The number of hydrogen-bond donors (Lipinski definition) is 2. The van der Waals surface area contributed by atoms with Gasteiger partial charge < -0.3 is 15.0 Å². The Labute approximate surface area is 106 Å². The Morgan fingerprint density at radius 3 is 2.67 bits per heavy atom. The van der Waals surface area contributed by atoms with Gasteiger partial charge in [0.1, 0.15) is 0 Å². The number of anilines is 1. The predicted octanol–water partition coefficient (Wildman–Crippen LogP) is 1.35. The minimum Gasteiger partial charge on any atom is -0.481 e.